The number of nitrogens with one attached hydrogen (secondary N) is 1. The van der Waals surface area contributed by atoms with Gasteiger partial charge in [0.15, 0.2) is 0 Å². The minimum atomic E-state index is -1.09. The second-order valence-electron chi connectivity index (χ2n) is 6.80. The molecule has 1 heterocycles. The molecule has 0 bridgehead atoms. The number of hydrogen-bond acceptors (Lipinski definition) is 5. The van der Waals surface area contributed by atoms with E-state index in [1.807, 2.05) is 32.9 Å². The molecule has 1 aromatic carbocycles. The van der Waals surface area contributed by atoms with Gasteiger partial charge < -0.3 is 24.9 Å². The number of carboxylic acid groups (broad SMARTS) is 1. The van der Waals surface area contributed by atoms with Crippen LogP contribution in [0, 0.1) is 0 Å². The number of carboxylic acids is 1. The minimum Gasteiger partial charge on any atom is -0.550 e. The van der Waals surface area contributed by atoms with E-state index >= 15 is 0 Å². The van der Waals surface area contributed by atoms with Gasteiger partial charge in [0.05, 0.1) is 0 Å². The summed E-state index contributed by atoms with van der Waals surface area (Å²) in [6, 6.07) is 7.37. The van der Waals surface area contributed by atoms with Crippen molar-refractivity contribution in [2.75, 3.05) is 18.4 Å². The zero-order valence-corrected chi connectivity index (χ0v) is 16.8. The molecule has 24 heavy (non-hydrogen) atoms. The number of nitrogens with zero attached hydrogens (tertiary/aromatic N) is 1. The molecule has 6 nitrogen and oxygen atoms in total. The molecule has 1 fully saturated rings. The molecule has 1 saturated heterocycles. The van der Waals surface area contributed by atoms with Gasteiger partial charge in [0.2, 0.25) is 0 Å². The second-order valence-corrected chi connectivity index (χ2v) is 6.80. The zero-order chi connectivity index (χ0) is 17.0. The molecule has 1 aromatic rings. The average molecular weight is 342 g/mol. The Balaban J connectivity index is 0.00000288. The quantitative estimate of drug-likeness (QED) is 0.667. The number of hydrogen-bond donors (Lipinski definition) is 1. The van der Waals surface area contributed by atoms with Crippen molar-refractivity contribution in [2.24, 2.45) is 0 Å². The number of anilines is 1. The van der Waals surface area contributed by atoms with Crippen LogP contribution in [0.15, 0.2) is 24.3 Å². The number of amides is 1. The van der Waals surface area contributed by atoms with E-state index in [0.29, 0.717) is 18.7 Å². The first-order chi connectivity index (χ1) is 10.7. The molecule has 2 rings (SSSR count). The SMILES string of the molecule is CC(C)(C)OC(=O)N1CC[C@@H](Nc2ccc(CC(=O)[O-])cc2)C1.[Na+]. The van der Waals surface area contributed by atoms with Crippen LogP contribution in [0.4, 0.5) is 10.5 Å². The van der Waals surface area contributed by atoms with E-state index in [1.165, 1.54) is 0 Å². The zero-order valence-electron chi connectivity index (χ0n) is 14.8. The average Bonchev–Trinajstić information content (AvgIpc) is 2.87. The molecule has 1 aliphatic heterocycles. The molecule has 0 spiro atoms. The van der Waals surface area contributed by atoms with E-state index < -0.39 is 11.6 Å². The van der Waals surface area contributed by atoms with Crippen LogP contribution in [0.3, 0.4) is 0 Å². The molecular weight excluding hydrogens is 319 g/mol. The Morgan fingerprint density at radius 2 is 1.92 bits per heavy atom. The fourth-order valence-corrected chi connectivity index (χ4v) is 2.49. The molecular formula is C17H23N2NaO4. The van der Waals surface area contributed by atoms with Gasteiger partial charge in [0.25, 0.3) is 0 Å². The summed E-state index contributed by atoms with van der Waals surface area (Å²) in [6.07, 6.45) is 0.474. The third-order valence-corrected chi connectivity index (χ3v) is 3.51. The summed E-state index contributed by atoms with van der Waals surface area (Å²) in [4.78, 5) is 24.3. The number of rotatable bonds is 4. The molecule has 0 saturated carbocycles. The van der Waals surface area contributed by atoms with Gasteiger partial charge in [-0.1, -0.05) is 12.1 Å². The van der Waals surface area contributed by atoms with E-state index in [1.54, 1.807) is 17.0 Å². The monoisotopic (exact) mass is 342 g/mol. The Labute approximate surface area is 164 Å². The molecule has 0 radical (unpaired) electrons. The van der Waals surface area contributed by atoms with Crippen molar-refractivity contribution >= 4 is 17.7 Å². The summed E-state index contributed by atoms with van der Waals surface area (Å²) in [6.45, 7) is 6.81. The van der Waals surface area contributed by atoms with Crippen molar-refractivity contribution in [3.8, 4) is 0 Å². The number of likely N-dealkylation sites (tertiary alicyclic amines) is 1. The molecule has 0 unspecified atom stereocenters. The first-order valence-electron chi connectivity index (χ1n) is 7.76. The maximum Gasteiger partial charge on any atom is 1.00 e. The molecule has 1 aliphatic rings. The minimum absolute atomic E-state index is 0. The van der Waals surface area contributed by atoms with Crippen molar-refractivity contribution in [1.82, 2.24) is 4.90 Å². The molecule has 7 heteroatoms. The van der Waals surface area contributed by atoms with E-state index in [4.69, 9.17) is 4.74 Å². The molecule has 0 aromatic heterocycles. The van der Waals surface area contributed by atoms with Crippen LogP contribution in [0.2, 0.25) is 0 Å². The van der Waals surface area contributed by atoms with Gasteiger partial charge in [-0.3, -0.25) is 0 Å². The summed E-state index contributed by atoms with van der Waals surface area (Å²) in [5, 5.41) is 13.9. The van der Waals surface area contributed by atoms with Gasteiger partial charge in [0.1, 0.15) is 5.60 Å². The van der Waals surface area contributed by atoms with Crippen molar-refractivity contribution < 1.29 is 49.0 Å². The summed E-state index contributed by atoms with van der Waals surface area (Å²) in [7, 11) is 0. The number of carbonyl (C=O) groups excluding carboxylic acids is 2. The normalized spacial score (nSPS) is 17.1. The van der Waals surface area contributed by atoms with Gasteiger partial charge in [-0.2, -0.15) is 0 Å². The Bertz CT molecular complexity index is 569. The van der Waals surface area contributed by atoms with E-state index in [-0.39, 0.29) is 48.1 Å². The Morgan fingerprint density at radius 3 is 2.46 bits per heavy atom. The molecule has 126 valence electrons. The summed E-state index contributed by atoms with van der Waals surface area (Å²) >= 11 is 0. The van der Waals surface area contributed by atoms with Gasteiger partial charge in [-0.25, -0.2) is 4.79 Å². The Morgan fingerprint density at radius 1 is 1.29 bits per heavy atom. The van der Waals surface area contributed by atoms with Crippen molar-refractivity contribution in [3.63, 3.8) is 0 Å². The Hall–Kier alpha value is -1.24. The number of ether oxygens (including phenoxy) is 1. The summed E-state index contributed by atoms with van der Waals surface area (Å²) in [5.41, 5.74) is 1.12. The molecule has 1 amide bonds. The summed E-state index contributed by atoms with van der Waals surface area (Å²) in [5.74, 6) is -1.09. The van der Waals surface area contributed by atoms with Crippen molar-refractivity contribution in [2.45, 2.75) is 45.3 Å². The fourth-order valence-electron chi connectivity index (χ4n) is 2.49. The smallest absolute Gasteiger partial charge is 0.550 e. The first-order valence-corrected chi connectivity index (χ1v) is 7.76. The van der Waals surface area contributed by atoms with E-state index in [2.05, 4.69) is 5.32 Å². The van der Waals surface area contributed by atoms with E-state index in [0.717, 1.165) is 12.1 Å². The van der Waals surface area contributed by atoms with Crippen molar-refractivity contribution in [1.29, 1.82) is 0 Å². The van der Waals surface area contributed by atoms with Crippen LogP contribution in [0.1, 0.15) is 32.8 Å². The third-order valence-electron chi connectivity index (χ3n) is 3.51. The first kappa shape index (κ1) is 20.8. The topological polar surface area (TPSA) is 81.7 Å². The Kier molecular flexibility index (Phi) is 7.57. The molecule has 1 N–H and O–H groups in total. The predicted octanol–water partition coefficient (Wildman–Crippen LogP) is -1.60. The van der Waals surface area contributed by atoms with Gasteiger partial charge in [-0.15, -0.1) is 0 Å². The van der Waals surface area contributed by atoms with Crippen LogP contribution in [0.5, 0.6) is 0 Å². The van der Waals surface area contributed by atoms with Crippen molar-refractivity contribution in [3.05, 3.63) is 29.8 Å². The summed E-state index contributed by atoms with van der Waals surface area (Å²) < 4.78 is 5.37. The van der Waals surface area contributed by atoms with Gasteiger partial charge in [-0.05, 0) is 44.9 Å². The fraction of sp³-hybridized carbons (Fsp3) is 0.529. The van der Waals surface area contributed by atoms with Gasteiger partial charge >= 0.3 is 35.7 Å². The third kappa shape index (κ3) is 6.71. The van der Waals surface area contributed by atoms with Crippen LogP contribution < -0.4 is 40.0 Å². The maximum atomic E-state index is 12.0. The van der Waals surface area contributed by atoms with Crippen LogP contribution >= 0.6 is 0 Å². The number of aliphatic carboxylic acids is 1. The molecule has 1 atom stereocenters. The maximum absolute atomic E-state index is 12.0. The van der Waals surface area contributed by atoms with Crippen LogP contribution in [-0.4, -0.2) is 41.7 Å². The molecule has 0 aliphatic carbocycles. The number of carbonyl (C=O) groups is 2. The van der Waals surface area contributed by atoms with E-state index in [9.17, 15) is 14.7 Å². The van der Waals surface area contributed by atoms with Crippen LogP contribution in [-0.2, 0) is 16.0 Å². The standard InChI is InChI=1S/C17H24N2O4.Na/c1-17(2,3)23-16(22)19-9-8-14(11-19)18-13-6-4-12(5-7-13)10-15(20)21;/h4-7,14,18H,8-11H2,1-3H3,(H,20,21);/q;+1/p-1/t14-;/m1./s1. The largest absolute Gasteiger partial charge is 1.00 e. The second kappa shape index (κ2) is 8.74. The van der Waals surface area contributed by atoms with Gasteiger partial charge in [0, 0.05) is 37.2 Å². The van der Waals surface area contributed by atoms with Crippen LogP contribution in [0.25, 0.3) is 0 Å². The number of benzene rings is 1. The predicted molar refractivity (Wildman–Crippen MR) is 85.0 cm³/mol.